The number of hydrogen-bond donors (Lipinski definition) is 1. The van der Waals surface area contributed by atoms with Gasteiger partial charge in [-0.05, 0) is 30.0 Å². The van der Waals surface area contributed by atoms with Crippen molar-refractivity contribution in [2.75, 3.05) is 7.11 Å². The minimum atomic E-state index is -1.20. The molecule has 2 atom stereocenters. The zero-order valence-electron chi connectivity index (χ0n) is 8.94. The van der Waals surface area contributed by atoms with Crippen LogP contribution in [0.25, 0.3) is 0 Å². The average Bonchev–Trinajstić information content (AvgIpc) is 2.72. The predicted octanol–water partition coefficient (Wildman–Crippen LogP) is 1.39. The number of rotatable bonds is 2. The number of carbonyl (C=O) groups excluding carboxylic acids is 1. The van der Waals surface area contributed by atoms with Crippen LogP contribution in [0, 0.1) is 5.82 Å². The quantitative estimate of drug-likeness (QED) is 0.772. The van der Waals surface area contributed by atoms with E-state index in [9.17, 15) is 14.3 Å². The van der Waals surface area contributed by atoms with E-state index < -0.39 is 12.1 Å². The fourth-order valence-electron chi connectivity index (χ4n) is 2.25. The summed E-state index contributed by atoms with van der Waals surface area (Å²) in [5.41, 5.74) is 1.33. The number of hydrogen-bond acceptors (Lipinski definition) is 3. The molecule has 0 fully saturated rings. The van der Waals surface area contributed by atoms with Gasteiger partial charge in [-0.2, -0.15) is 0 Å². The van der Waals surface area contributed by atoms with Crippen LogP contribution in [0.2, 0.25) is 0 Å². The van der Waals surface area contributed by atoms with E-state index in [1.807, 2.05) is 0 Å². The Labute approximate surface area is 92.9 Å². The van der Waals surface area contributed by atoms with Crippen molar-refractivity contribution in [2.24, 2.45) is 0 Å². The number of fused-ring (bicyclic) bond motifs is 1. The molecule has 1 aliphatic rings. The molecule has 0 heterocycles. The van der Waals surface area contributed by atoms with Gasteiger partial charge in [-0.15, -0.1) is 0 Å². The van der Waals surface area contributed by atoms with Crippen molar-refractivity contribution in [1.82, 2.24) is 0 Å². The molecule has 16 heavy (non-hydrogen) atoms. The highest BCUT2D eigenvalue weighted by atomic mass is 19.1. The van der Waals surface area contributed by atoms with Gasteiger partial charge in [0.1, 0.15) is 5.82 Å². The van der Waals surface area contributed by atoms with Crippen LogP contribution in [-0.4, -0.2) is 24.3 Å². The Morgan fingerprint density at radius 2 is 2.38 bits per heavy atom. The molecule has 1 N–H and O–H groups in total. The summed E-state index contributed by atoms with van der Waals surface area (Å²) in [6, 6.07) is 4.74. The summed E-state index contributed by atoms with van der Waals surface area (Å²) < 4.78 is 17.9. The van der Waals surface area contributed by atoms with Gasteiger partial charge in [-0.3, -0.25) is 0 Å². The fraction of sp³-hybridized carbons (Fsp3) is 0.417. The van der Waals surface area contributed by atoms with Gasteiger partial charge >= 0.3 is 5.97 Å². The van der Waals surface area contributed by atoms with Gasteiger partial charge in [0.2, 0.25) is 0 Å². The summed E-state index contributed by atoms with van der Waals surface area (Å²) >= 11 is 0. The van der Waals surface area contributed by atoms with Crippen molar-refractivity contribution in [2.45, 2.75) is 24.9 Å². The Morgan fingerprint density at radius 1 is 1.62 bits per heavy atom. The molecule has 2 unspecified atom stereocenters. The first-order valence-electron chi connectivity index (χ1n) is 5.18. The molecule has 0 spiro atoms. The van der Waals surface area contributed by atoms with Gasteiger partial charge in [0.15, 0.2) is 6.10 Å². The highest BCUT2D eigenvalue weighted by Gasteiger charge is 2.34. The van der Waals surface area contributed by atoms with Crippen molar-refractivity contribution in [1.29, 1.82) is 0 Å². The van der Waals surface area contributed by atoms with Gasteiger partial charge in [-0.25, -0.2) is 9.18 Å². The molecule has 0 radical (unpaired) electrons. The average molecular weight is 224 g/mol. The number of aliphatic hydroxyl groups excluding tert-OH is 1. The van der Waals surface area contributed by atoms with Crippen LogP contribution in [0.4, 0.5) is 4.39 Å². The van der Waals surface area contributed by atoms with Crippen molar-refractivity contribution in [3.05, 3.63) is 35.1 Å². The molecule has 0 aromatic heterocycles. The minimum absolute atomic E-state index is 0.267. The van der Waals surface area contributed by atoms with Crippen LogP contribution >= 0.6 is 0 Å². The number of halogens is 1. The van der Waals surface area contributed by atoms with Crippen molar-refractivity contribution in [3.63, 3.8) is 0 Å². The molecular formula is C12H13FO3. The topological polar surface area (TPSA) is 46.5 Å². The first kappa shape index (κ1) is 11.1. The van der Waals surface area contributed by atoms with E-state index in [-0.39, 0.29) is 11.7 Å². The number of esters is 1. The second kappa shape index (κ2) is 4.22. The van der Waals surface area contributed by atoms with E-state index in [0.717, 1.165) is 5.56 Å². The maximum absolute atomic E-state index is 13.4. The van der Waals surface area contributed by atoms with E-state index in [4.69, 9.17) is 0 Å². The molecule has 0 amide bonds. The molecule has 0 aliphatic heterocycles. The van der Waals surface area contributed by atoms with E-state index in [1.165, 1.54) is 13.2 Å². The Hall–Kier alpha value is -1.42. The lowest BCUT2D eigenvalue weighted by Gasteiger charge is -2.16. The lowest BCUT2D eigenvalue weighted by molar-refractivity contribution is -0.151. The molecular weight excluding hydrogens is 211 g/mol. The summed E-state index contributed by atoms with van der Waals surface area (Å²) in [6.45, 7) is 0. The van der Waals surface area contributed by atoms with Crippen LogP contribution in [0.15, 0.2) is 18.2 Å². The first-order chi connectivity index (χ1) is 7.65. The summed E-state index contributed by atoms with van der Waals surface area (Å²) in [5.74, 6) is -1.28. The van der Waals surface area contributed by atoms with Crippen LogP contribution in [0.3, 0.4) is 0 Å². The fourth-order valence-corrected chi connectivity index (χ4v) is 2.25. The molecule has 4 heteroatoms. The van der Waals surface area contributed by atoms with Crippen LogP contribution in [0.1, 0.15) is 23.5 Å². The Kier molecular flexibility index (Phi) is 2.92. The predicted molar refractivity (Wildman–Crippen MR) is 55.5 cm³/mol. The normalized spacial score (nSPS) is 20.3. The van der Waals surface area contributed by atoms with Crippen LogP contribution in [0.5, 0.6) is 0 Å². The van der Waals surface area contributed by atoms with Crippen LogP contribution < -0.4 is 0 Å². The molecule has 0 saturated heterocycles. The van der Waals surface area contributed by atoms with Gasteiger partial charge < -0.3 is 9.84 Å². The standard InChI is InChI=1S/C12H13FO3/c1-16-12(15)11(14)9-6-5-8-7(9)3-2-4-10(8)13/h2-4,9,11,14H,5-6H2,1H3. The molecule has 86 valence electrons. The number of benzene rings is 1. The molecule has 1 aromatic carbocycles. The first-order valence-corrected chi connectivity index (χ1v) is 5.18. The van der Waals surface area contributed by atoms with Crippen molar-refractivity contribution < 1.29 is 19.0 Å². The highest BCUT2D eigenvalue weighted by molar-refractivity contribution is 5.76. The van der Waals surface area contributed by atoms with E-state index in [2.05, 4.69) is 4.74 Å². The monoisotopic (exact) mass is 224 g/mol. The Balaban J connectivity index is 2.30. The lowest BCUT2D eigenvalue weighted by atomic mass is 9.95. The van der Waals surface area contributed by atoms with E-state index in [0.29, 0.717) is 18.4 Å². The van der Waals surface area contributed by atoms with E-state index >= 15 is 0 Å². The van der Waals surface area contributed by atoms with Crippen molar-refractivity contribution >= 4 is 5.97 Å². The summed E-state index contributed by atoms with van der Waals surface area (Å²) in [5, 5.41) is 9.76. The SMILES string of the molecule is COC(=O)C(O)C1CCc2c(F)cccc21. The second-order valence-electron chi connectivity index (χ2n) is 3.92. The molecule has 1 aromatic rings. The van der Waals surface area contributed by atoms with Gasteiger partial charge in [0, 0.05) is 5.92 Å². The number of carbonyl (C=O) groups is 1. The molecule has 3 nitrogen and oxygen atoms in total. The summed E-state index contributed by atoms with van der Waals surface area (Å²) in [4.78, 5) is 11.2. The molecule has 1 aliphatic carbocycles. The number of ether oxygens (including phenoxy) is 1. The third kappa shape index (κ3) is 1.69. The maximum Gasteiger partial charge on any atom is 0.335 e. The van der Waals surface area contributed by atoms with Gasteiger partial charge in [0.05, 0.1) is 7.11 Å². The number of methoxy groups -OCH3 is 1. The maximum atomic E-state index is 13.4. The summed E-state index contributed by atoms with van der Waals surface area (Å²) in [7, 11) is 1.23. The zero-order chi connectivity index (χ0) is 11.7. The van der Waals surface area contributed by atoms with Crippen LogP contribution in [-0.2, 0) is 16.0 Å². The number of aliphatic hydroxyl groups is 1. The molecule has 0 bridgehead atoms. The second-order valence-corrected chi connectivity index (χ2v) is 3.92. The minimum Gasteiger partial charge on any atom is -0.467 e. The third-order valence-corrected chi connectivity index (χ3v) is 3.08. The van der Waals surface area contributed by atoms with E-state index in [1.54, 1.807) is 12.1 Å². The zero-order valence-corrected chi connectivity index (χ0v) is 8.94. The Bertz CT molecular complexity index is 417. The smallest absolute Gasteiger partial charge is 0.335 e. The highest BCUT2D eigenvalue weighted by Crippen LogP contribution is 2.36. The Morgan fingerprint density at radius 3 is 3.06 bits per heavy atom. The molecule has 2 rings (SSSR count). The lowest BCUT2D eigenvalue weighted by Crippen LogP contribution is -2.27. The largest absolute Gasteiger partial charge is 0.467 e. The third-order valence-electron chi connectivity index (χ3n) is 3.08. The molecule has 0 saturated carbocycles. The summed E-state index contributed by atoms with van der Waals surface area (Å²) in [6.07, 6.45) is -0.0687. The van der Waals surface area contributed by atoms with Crippen molar-refractivity contribution in [3.8, 4) is 0 Å². The van der Waals surface area contributed by atoms with Gasteiger partial charge in [0.25, 0.3) is 0 Å². The van der Waals surface area contributed by atoms with Gasteiger partial charge in [-0.1, -0.05) is 12.1 Å².